The third-order valence-electron chi connectivity index (χ3n) is 4.15. The first kappa shape index (κ1) is 14.5. The summed E-state index contributed by atoms with van der Waals surface area (Å²) in [6.45, 7) is 11.7. The van der Waals surface area contributed by atoms with Gasteiger partial charge in [0.25, 0.3) is 0 Å². The van der Waals surface area contributed by atoms with Gasteiger partial charge in [0.15, 0.2) is 0 Å². The summed E-state index contributed by atoms with van der Waals surface area (Å²) in [4.78, 5) is 2.62. The summed E-state index contributed by atoms with van der Waals surface area (Å²) in [7, 11) is 0. The van der Waals surface area contributed by atoms with Crippen LogP contribution in [-0.4, -0.2) is 31.1 Å². The molecule has 1 unspecified atom stereocenters. The lowest BCUT2D eigenvalue weighted by molar-refractivity contribution is 0.157. The number of nitrogens with one attached hydrogen (secondary N) is 1. The van der Waals surface area contributed by atoms with E-state index in [4.69, 9.17) is 0 Å². The summed E-state index contributed by atoms with van der Waals surface area (Å²) in [5.74, 6) is 0. The predicted octanol–water partition coefficient (Wildman–Crippen LogP) is 3.46. The summed E-state index contributed by atoms with van der Waals surface area (Å²) in [5.41, 5.74) is 1.66. The lowest BCUT2D eigenvalue weighted by Crippen LogP contribution is -2.42. The van der Waals surface area contributed by atoms with Crippen molar-refractivity contribution in [2.75, 3.05) is 26.2 Å². The second-order valence-electron chi connectivity index (χ2n) is 6.37. The highest BCUT2D eigenvalue weighted by Gasteiger charge is 2.32. The first-order valence-electron chi connectivity index (χ1n) is 7.64. The maximum Gasteiger partial charge on any atom is 0.0384 e. The third-order valence-corrected chi connectivity index (χ3v) is 4.15. The van der Waals surface area contributed by atoms with Gasteiger partial charge in [-0.3, -0.25) is 0 Å². The fourth-order valence-corrected chi connectivity index (χ4v) is 3.30. The minimum Gasteiger partial charge on any atom is -0.310 e. The minimum atomic E-state index is 0.252. The van der Waals surface area contributed by atoms with Crippen LogP contribution in [0.15, 0.2) is 30.3 Å². The van der Waals surface area contributed by atoms with E-state index in [1.54, 1.807) is 0 Å². The van der Waals surface area contributed by atoms with Crippen molar-refractivity contribution in [1.82, 2.24) is 10.2 Å². The van der Waals surface area contributed by atoms with Gasteiger partial charge in [-0.05, 0) is 43.5 Å². The highest BCUT2D eigenvalue weighted by atomic mass is 15.1. The van der Waals surface area contributed by atoms with Crippen LogP contribution in [0.2, 0.25) is 0 Å². The Balaban J connectivity index is 2.12. The van der Waals surface area contributed by atoms with E-state index in [-0.39, 0.29) is 5.41 Å². The number of nitrogens with zero attached hydrogens (tertiary/aromatic N) is 1. The second-order valence-corrected chi connectivity index (χ2v) is 6.37. The zero-order chi connectivity index (χ0) is 13.7. The van der Waals surface area contributed by atoms with E-state index in [0.29, 0.717) is 6.04 Å². The molecule has 1 saturated heterocycles. The number of rotatable bonds is 6. The average molecular weight is 260 g/mol. The summed E-state index contributed by atoms with van der Waals surface area (Å²) < 4.78 is 0. The molecule has 2 nitrogen and oxygen atoms in total. The molecular weight excluding hydrogens is 232 g/mol. The second kappa shape index (κ2) is 6.53. The van der Waals surface area contributed by atoms with Gasteiger partial charge in [0, 0.05) is 12.6 Å². The molecule has 1 fully saturated rings. The van der Waals surface area contributed by atoms with Crippen LogP contribution in [0.1, 0.15) is 45.2 Å². The number of likely N-dealkylation sites (tertiary alicyclic amines) is 1. The van der Waals surface area contributed by atoms with Crippen LogP contribution in [0.4, 0.5) is 0 Å². The molecule has 1 aromatic carbocycles. The molecule has 1 atom stereocenters. The van der Waals surface area contributed by atoms with Crippen LogP contribution in [0, 0.1) is 5.41 Å². The third kappa shape index (κ3) is 3.80. The maximum absolute atomic E-state index is 3.69. The molecule has 1 aliphatic rings. The number of hydrogen-bond acceptors (Lipinski definition) is 2. The molecule has 1 aliphatic heterocycles. The summed E-state index contributed by atoms with van der Waals surface area (Å²) >= 11 is 0. The van der Waals surface area contributed by atoms with Gasteiger partial charge >= 0.3 is 0 Å². The van der Waals surface area contributed by atoms with Gasteiger partial charge in [-0.1, -0.05) is 51.1 Å². The molecule has 1 aromatic rings. The topological polar surface area (TPSA) is 15.3 Å². The van der Waals surface area contributed by atoms with Crippen molar-refractivity contribution in [2.45, 2.75) is 39.7 Å². The fraction of sp³-hybridized carbons (Fsp3) is 0.647. The minimum absolute atomic E-state index is 0.252. The standard InChI is InChI=1S/C17H28N2/c1-4-18-16(15-10-6-5-7-11-15)17(2,3)14-19-12-8-9-13-19/h5-7,10-11,16,18H,4,8-9,12-14H2,1-3H3. The van der Waals surface area contributed by atoms with Gasteiger partial charge in [0.1, 0.15) is 0 Å². The van der Waals surface area contributed by atoms with Crippen molar-refractivity contribution >= 4 is 0 Å². The fourth-order valence-electron chi connectivity index (χ4n) is 3.30. The van der Waals surface area contributed by atoms with Gasteiger partial charge in [-0.2, -0.15) is 0 Å². The molecule has 0 bridgehead atoms. The molecule has 0 amide bonds. The molecule has 1 heterocycles. The number of hydrogen-bond donors (Lipinski definition) is 1. The molecule has 19 heavy (non-hydrogen) atoms. The van der Waals surface area contributed by atoms with Crippen molar-refractivity contribution in [3.8, 4) is 0 Å². The van der Waals surface area contributed by atoms with Crippen LogP contribution in [-0.2, 0) is 0 Å². The Morgan fingerprint density at radius 1 is 1.16 bits per heavy atom. The first-order chi connectivity index (χ1) is 9.13. The molecule has 2 rings (SSSR count). The highest BCUT2D eigenvalue weighted by Crippen LogP contribution is 2.34. The van der Waals surface area contributed by atoms with E-state index in [2.05, 4.69) is 61.3 Å². The Kier molecular flexibility index (Phi) is 5.00. The highest BCUT2D eigenvalue weighted by molar-refractivity contribution is 5.21. The Morgan fingerprint density at radius 3 is 2.37 bits per heavy atom. The lowest BCUT2D eigenvalue weighted by Gasteiger charge is -2.38. The Labute approximate surface area is 118 Å². The van der Waals surface area contributed by atoms with E-state index < -0.39 is 0 Å². The van der Waals surface area contributed by atoms with Crippen molar-refractivity contribution < 1.29 is 0 Å². The van der Waals surface area contributed by atoms with E-state index in [0.717, 1.165) is 6.54 Å². The molecule has 0 spiro atoms. The number of benzene rings is 1. The predicted molar refractivity (Wildman–Crippen MR) is 82.3 cm³/mol. The van der Waals surface area contributed by atoms with Crippen LogP contribution in [0.3, 0.4) is 0 Å². The van der Waals surface area contributed by atoms with Crippen molar-refractivity contribution in [1.29, 1.82) is 0 Å². The van der Waals surface area contributed by atoms with Gasteiger partial charge in [0.2, 0.25) is 0 Å². The summed E-state index contributed by atoms with van der Waals surface area (Å²) in [6.07, 6.45) is 2.74. The summed E-state index contributed by atoms with van der Waals surface area (Å²) in [5, 5.41) is 3.69. The Bertz CT molecular complexity index is 366. The zero-order valence-electron chi connectivity index (χ0n) is 12.7. The molecule has 0 aliphatic carbocycles. The average Bonchev–Trinajstić information content (AvgIpc) is 2.89. The SMILES string of the molecule is CCNC(c1ccccc1)C(C)(C)CN1CCCC1. The van der Waals surface area contributed by atoms with Crippen molar-refractivity contribution in [2.24, 2.45) is 5.41 Å². The quantitative estimate of drug-likeness (QED) is 0.842. The lowest BCUT2D eigenvalue weighted by atomic mass is 9.80. The molecule has 0 radical (unpaired) electrons. The van der Waals surface area contributed by atoms with Gasteiger partial charge in [0.05, 0.1) is 0 Å². The maximum atomic E-state index is 3.69. The Hall–Kier alpha value is -0.860. The van der Waals surface area contributed by atoms with Gasteiger partial charge in [-0.15, -0.1) is 0 Å². The van der Waals surface area contributed by atoms with Crippen molar-refractivity contribution in [3.05, 3.63) is 35.9 Å². The molecular formula is C17H28N2. The van der Waals surface area contributed by atoms with E-state index in [1.165, 1.54) is 38.0 Å². The van der Waals surface area contributed by atoms with Crippen LogP contribution >= 0.6 is 0 Å². The normalized spacial score (nSPS) is 18.7. The summed E-state index contributed by atoms with van der Waals surface area (Å²) in [6, 6.07) is 11.3. The van der Waals surface area contributed by atoms with Crippen LogP contribution in [0.25, 0.3) is 0 Å². The smallest absolute Gasteiger partial charge is 0.0384 e. The first-order valence-corrected chi connectivity index (χ1v) is 7.64. The van der Waals surface area contributed by atoms with Crippen molar-refractivity contribution in [3.63, 3.8) is 0 Å². The van der Waals surface area contributed by atoms with E-state index in [1.807, 2.05) is 0 Å². The molecule has 2 heteroatoms. The van der Waals surface area contributed by atoms with Gasteiger partial charge in [-0.25, -0.2) is 0 Å². The largest absolute Gasteiger partial charge is 0.310 e. The molecule has 1 N–H and O–H groups in total. The molecule has 0 aromatic heterocycles. The zero-order valence-corrected chi connectivity index (χ0v) is 12.7. The Morgan fingerprint density at radius 2 is 1.79 bits per heavy atom. The van der Waals surface area contributed by atoms with E-state index >= 15 is 0 Å². The molecule has 0 saturated carbocycles. The monoisotopic (exact) mass is 260 g/mol. The van der Waals surface area contributed by atoms with Crippen LogP contribution < -0.4 is 5.32 Å². The van der Waals surface area contributed by atoms with Crippen LogP contribution in [0.5, 0.6) is 0 Å². The molecule has 106 valence electrons. The van der Waals surface area contributed by atoms with Gasteiger partial charge < -0.3 is 10.2 Å². The van der Waals surface area contributed by atoms with E-state index in [9.17, 15) is 0 Å².